The Balaban J connectivity index is 1.39. The highest BCUT2D eigenvalue weighted by Gasteiger charge is 2.20. The second-order valence-corrected chi connectivity index (χ2v) is 7.01. The molecule has 140 valence electrons. The molecule has 5 nitrogen and oxygen atoms in total. The quantitative estimate of drug-likeness (QED) is 0.761. The fourth-order valence-corrected chi connectivity index (χ4v) is 3.83. The number of anilines is 1. The molecule has 1 saturated heterocycles. The van der Waals surface area contributed by atoms with Crippen molar-refractivity contribution in [3.8, 4) is 12.1 Å². The summed E-state index contributed by atoms with van der Waals surface area (Å²) in [6.07, 6.45) is 2.92. The van der Waals surface area contributed by atoms with Crippen molar-refractivity contribution in [3.63, 3.8) is 0 Å². The van der Waals surface area contributed by atoms with Gasteiger partial charge in [-0.25, -0.2) is 4.39 Å². The second-order valence-electron chi connectivity index (χ2n) is 7.01. The third kappa shape index (κ3) is 3.43. The van der Waals surface area contributed by atoms with Gasteiger partial charge in [-0.15, -0.1) is 0 Å². The van der Waals surface area contributed by atoms with Gasteiger partial charge in [0.05, 0.1) is 17.3 Å². The van der Waals surface area contributed by atoms with Gasteiger partial charge in [0.15, 0.2) is 0 Å². The first kappa shape index (κ1) is 18.0. The molecule has 3 aromatic rings. The van der Waals surface area contributed by atoms with Crippen molar-refractivity contribution in [2.75, 3.05) is 37.6 Å². The molecule has 6 heteroatoms. The van der Waals surface area contributed by atoms with Crippen LogP contribution in [-0.4, -0.2) is 42.6 Å². The van der Waals surface area contributed by atoms with Crippen LogP contribution in [0.3, 0.4) is 0 Å². The maximum Gasteiger partial charge on any atom is 0.143 e. The molecule has 0 spiro atoms. The van der Waals surface area contributed by atoms with Gasteiger partial charge in [-0.3, -0.25) is 4.90 Å². The van der Waals surface area contributed by atoms with Gasteiger partial charge >= 0.3 is 0 Å². The summed E-state index contributed by atoms with van der Waals surface area (Å²) in [6, 6.07) is 14.7. The van der Waals surface area contributed by atoms with Crippen molar-refractivity contribution in [2.45, 2.75) is 6.42 Å². The Morgan fingerprint density at radius 3 is 2.61 bits per heavy atom. The van der Waals surface area contributed by atoms with E-state index in [0.29, 0.717) is 11.3 Å². The van der Waals surface area contributed by atoms with Crippen LogP contribution in [0.1, 0.15) is 16.7 Å². The fourth-order valence-electron chi connectivity index (χ4n) is 3.83. The van der Waals surface area contributed by atoms with Crippen molar-refractivity contribution in [1.82, 2.24) is 9.88 Å². The first-order valence-electron chi connectivity index (χ1n) is 9.35. The van der Waals surface area contributed by atoms with Crippen molar-refractivity contribution >= 4 is 16.6 Å². The van der Waals surface area contributed by atoms with Crippen LogP contribution < -0.4 is 4.90 Å². The minimum atomic E-state index is -0.460. The van der Waals surface area contributed by atoms with Gasteiger partial charge in [0.2, 0.25) is 0 Å². The van der Waals surface area contributed by atoms with Crippen LogP contribution in [0.5, 0.6) is 0 Å². The predicted octanol–water partition coefficient (Wildman–Crippen LogP) is 3.42. The number of nitriles is 2. The molecule has 1 N–H and O–H groups in total. The summed E-state index contributed by atoms with van der Waals surface area (Å²) >= 11 is 0. The van der Waals surface area contributed by atoms with E-state index >= 15 is 0 Å². The number of halogens is 1. The van der Waals surface area contributed by atoms with E-state index in [0.717, 1.165) is 50.0 Å². The summed E-state index contributed by atoms with van der Waals surface area (Å²) in [7, 11) is 0. The van der Waals surface area contributed by atoms with E-state index in [-0.39, 0.29) is 5.56 Å². The number of fused-ring (bicyclic) bond motifs is 1. The number of nitrogens with one attached hydrogen (secondary N) is 1. The summed E-state index contributed by atoms with van der Waals surface area (Å²) in [4.78, 5) is 7.74. The molecule has 1 aromatic heterocycles. The third-order valence-corrected chi connectivity index (χ3v) is 5.41. The van der Waals surface area contributed by atoms with Crippen LogP contribution in [0.4, 0.5) is 10.1 Å². The normalized spacial score (nSPS) is 14.8. The van der Waals surface area contributed by atoms with Crippen LogP contribution in [0.25, 0.3) is 10.9 Å². The lowest BCUT2D eigenvalue weighted by Gasteiger charge is -2.36. The molecule has 0 radical (unpaired) electrons. The lowest BCUT2D eigenvalue weighted by molar-refractivity contribution is 0.261. The van der Waals surface area contributed by atoms with Crippen molar-refractivity contribution in [1.29, 1.82) is 10.5 Å². The highest BCUT2D eigenvalue weighted by atomic mass is 19.1. The molecular formula is C22H20FN5. The molecule has 0 unspecified atom stereocenters. The summed E-state index contributed by atoms with van der Waals surface area (Å²) in [5.74, 6) is -0.460. The average Bonchev–Trinajstić information content (AvgIpc) is 3.14. The Morgan fingerprint density at radius 1 is 1.04 bits per heavy atom. The van der Waals surface area contributed by atoms with Crippen LogP contribution >= 0.6 is 0 Å². The van der Waals surface area contributed by atoms with E-state index in [2.05, 4.69) is 20.9 Å². The van der Waals surface area contributed by atoms with Gasteiger partial charge in [0.25, 0.3) is 0 Å². The molecule has 28 heavy (non-hydrogen) atoms. The van der Waals surface area contributed by atoms with Crippen LogP contribution in [0, 0.1) is 28.5 Å². The van der Waals surface area contributed by atoms with E-state index in [9.17, 15) is 9.65 Å². The number of nitrogens with zero attached hydrogens (tertiary/aromatic N) is 4. The number of piperazine rings is 1. The van der Waals surface area contributed by atoms with E-state index in [1.165, 1.54) is 11.6 Å². The van der Waals surface area contributed by atoms with Crippen molar-refractivity contribution in [3.05, 3.63) is 65.1 Å². The number of hydrogen-bond donors (Lipinski definition) is 1. The summed E-state index contributed by atoms with van der Waals surface area (Å²) in [5.41, 5.74) is 3.75. The maximum absolute atomic E-state index is 13.9. The number of benzene rings is 2. The SMILES string of the molecule is N#Cc1ccc2[nH]cc(CCN3CCN(c4cccc(F)c4C#N)CC3)c2c1. The monoisotopic (exact) mass is 373 g/mol. The van der Waals surface area contributed by atoms with Crippen molar-refractivity contribution < 1.29 is 4.39 Å². The van der Waals surface area contributed by atoms with Crippen LogP contribution in [0.2, 0.25) is 0 Å². The Bertz CT molecular complexity index is 1080. The second kappa shape index (κ2) is 7.72. The number of aromatic amines is 1. The van der Waals surface area contributed by atoms with E-state index in [1.54, 1.807) is 6.07 Å². The fraction of sp³-hybridized carbons (Fsp3) is 0.273. The standard InChI is InChI=1S/C22H20FN5/c23-20-2-1-3-22(19(20)14-25)28-10-8-27(9-11-28)7-6-17-15-26-21-5-4-16(13-24)12-18(17)21/h1-5,12,15,26H,6-11H2. The number of hydrogen-bond acceptors (Lipinski definition) is 4. The van der Waals surface area contributed by atoms with Gasteiger partial charge in [0, 0.05) is 49.8 Å². The van der Waals surface area contributed by atoms with E-state index in [4.69, 9.17) is 5.26 Å². The molecule has 0 saturated carbocycles. The molecule has 1 fully saturated rings. The lowest BCUT2D eigenvalue weighted by atomic mass is 10.1. The molecule has 1 aliphatic rings. The smallest absolute Gasteiger partial charge is 0.143 e. The van der Waals surface area contributed by atoms with Crippen molar-refractivity contribution in [2.24, 2.45) is 0 Å². The number of H-pyrrole nitrogens is 1. The molecule has 4 rings (SSSR count). The molecule has 1 aliphatic heterocycles. The van der Waals surface area contributed by atoms with Gasteiger partial charge in [0.1, 0.15) is 17.4 Å². The summed E-state index contributed by atoms with van der Waals surface area (Å²) in [6.45, 7) is 4.20. The van der Waals surface area contributed by atoms with E-state index < -0.39 is 5.82 Å². The Labute approximate surface area is 163 Å². The van der Waals surface area contributed by atoms with E-state index in [1.807, 2.05) is 36.5 Å². The van der Waals surface area contributed by atoms with Gasteiger partial charge in [-0.05, 0) is 42.3 Å². The van der Waals surface area contributed by atoms with Gasteiger partial charge in [-0.2, -0.15) is 10.5 Å². The largest absolute Gasteiger partial charge is 0.368 e. The molecule has 2 aromatic carbocycles. The van der Waals surface area contributed by atoms with Gasteiger partial charge in [-0.1, -0.05) is 6.07 Å². The highest BCUT2D eigenvalue weighted by Crippen LogP contribution is 2.24. The highest BCUT2D eigenvalue weighted by molar-refractivity contribution is 5.84. The van der Waals surface area contributed by atoms with Crippen LogP contribution in [0.15, 0.2) is 42.6 Å². The van der Waals surface area contributed by atoms with Crippen LogP contribution in [-0.2, 0) is 6.42 Å². The first-order valence-corrected chi connectivity index (χ1v) is 9.35. The van der Waals surface area contributed by atoms with Gasteiger partial charge < -0.3 is 9.88 Å². The molecule has 2 heterocycles. The molecule has 0 bridgehead atoms. The molecule has 0 amide bonds. The minimum Gasteiger partial charge on any atom is -0.368 e. The minimum absolute atomic E-state index is 0.128. The molecule has 0 atom stereocenters. The molecular weight excluding hydrogens is 353 g/mol. The number of rotatable bonds is 4. The lowest BCUT2D eigenvalue weighted by Crippen LogP contribution is -2.47. The third-order valence-electron chi connectivity index (χ3n) is 5.41. The summed E-state index contributed by atoms with van der Waals surface area (Å²) < 4.78 is 13.9. The number of aromatic nitrogens is 1. The average molecular weight is 373 g/mol. The predicted molar refractivity (Wildman–Crippen MR) is 106 cm³/mol. The maximum atomic E-state index is 13.9. The zero-order valence-electron chi connectivity index (χ0n) is 15.5. The topological polar surface area (TPSA) is 69.8 Å². The first-order chi connectivity index (χ1) is 13.7. The Morgan fingerprint density at radius 2 is 1.86 bits per heavy atom. The summed E-state index contributed by atoms with van der Waals surface area (Å²) in [5, 5.41) is 19.5. The Hall–Kier alpha value is -3.35. The zero-order valence-corrected chi connectivity index (χ0v) is 15.5. The molecule has 0 aliphatic carbocycles. The Kier molecular flexibility index (Phi) is 4.97. The zero-order chi connectivity index (χ0) is 19.5.